The molecule has 1 aliphatic rings. The van der Waals surface area contributed by atoms with Crippen LogP contribution in [0, 0.1) is 0 Å². The van der Waals surface area contributed by atoms with Gasteiger partial charge in [0.15, 0.2) is 4.67 Å². The molecule has 84 valence electrons. The van der Waals surface area contributed by atoms with E-state index in [0.29, 0.717) is 6.04 Å². The second-order valence-corrected chi connectivity index (χ2v) is 5.00. The zero-order valence-corrected chi connectivity index (χ0v) is 10.4. The van der Waals surface area contributed by atoms with E-state index < -0.39 is 0 Å². The van der Waals surface area contributed by atoms with Crippen molar-refractivity contribution in [2.45, 2.75) is 38.5 Å². The highest BCUT2D eigenvalue weighted by atomic mass is 79.9. The Hall–Kier alpha value is -0.320. The van der Waals surface area contributed by atoms with Crippen LogP contribution in [0.4, 0.5) is 0 Å². The third kappa shape index (κ3) is 2.83. The molecule has 4 heteroatoms. The molecular weight excluding hydrogens is 258 g/mol. The first-order valence-corrected chi connectivity index (χ1v) is 6.11. The Labute approximate surface area is 98.2 Å². The molecule has 2 rings (SSSR count). The first-order valence-electron chi connectivity index (χ1n) is 5.31. The van der Waals surface area contributed by atoms with Crippen LogP contribution in [0.5, 0.6) is 0 Å². The highest BCUT2D eigenvalue weighted by Gasteiger charge is 2.24. The maximum absolute atomic E-state index is 9.60. The van der Waals surface area contributed by atoms with Gasteiger partial charge >= 0.3 is 0 Å². The summed E-state index contributed by atoms with van der Waals surface area (Å²) in [6, 6.07) is 4.40. The minimum atomic E-state index is -0.181. The topological polar surface area (TPSA) is 36.6 Å². The van der Waals surface area contributed by atoms with Gasteiger partial charge in [0.1, 0.15) is 5.76 Å². The van der Waals surface area contributed by atoms with Crippen LogP contribution in [-0.2, 0) is 6.54 Å². The van der Waals surface area contributed by atoms with Gasteiger partial charge in [0.2, 0.25) is 0 Å². The van der Waals surface area contributed by atoms with Gasteiger partial charge in [-0.05, 0) is 47.8 Å². The molecule has 0 radical (unpaired) electrons. The lowest BCUT2D eigenvalue weighted by atomic mass is 10.0. The number of piperidine rings is 1. The van der Waals surface area contributed by atoms with Gasteiger partial charge in [0, 0.05) is 12.6 Å². The van der Waals surface area contributed by atoms with E-state index in [-0.39, 0.29) is 6.10 Å². The number of hydrogen-bond acceptors (Lipinski definition) is 3. The van der Waals surface area contributed by atoms with Crippen molar-refractivity contribution in [3.63, 3.8) is 0 Å². The van der Waals surface area contributed by atoms with Gasteiger partial charge in [-0.15, -0.1) is 0 Å². The van der Waals surface area contributed by atoms with E-state index in [4.69, 9.17) is 4.42 Å². The maximum atomic E-state index is 9.60. The lowest BCUT2D eigenvalue weighted by molar-refractivity contribution is 0.0327. The Balaban J connectivity index is 1.98. The SMILES string of the molecule is CC1CCC(O)CN1Cc1ccc(Br)o1. The Morgan fingerprint density at radius 2 is 2.33 bits per heavy atom. The Morgan fingerprint density at radius 1 is 1.53 bits per heavy atom. The number of β-amino-alcohol motifs (C(OH)–C–C–N with tert-alkyl or cyclic N) is 1. The molecule has 2 unspecified atom stereocenters. The highest BCUT2D eigenvalue weighted by Crippen LogP contribution is 2.21. The van der Waals surface area contributed by atoms with Crippen molar-refractivity contribution in [2.75, 3.05) is 6.54 Å². The molecule has 1 fully saturated rings. The van der Waals surface area contributed by atoms with Crippen LogP contribution < -0.4 is 0 Å². The van der Waals surface area contributed by atoms with Crippen molar-refractivity contribution in [1.82, 2.24) is 4.90 Å². The number of aliphatic hydroxyl groups is 1. The molecule has 1 N–H and O–H groups in total. The van der Waals surface area contributed by atoms with Crippen molar-refractivity contribution in [3.8, 4) is 0 Å². The minimum absolute atomic E-state index is 0.181. The van der Waals surface area contributed by atoms with Gasteiger partial charge in [0.25, 0.3) is 0 Å². The predicted molar refractivity (Wildman–Crippen MR) is 61.5 cm³/mol. The normalized spacial score (nSPS) is 28.2. The fourth-order valence-electron chi connectivity index (χ4n) is 2.02. The van der Waals surface area contributed by atoms with Crippen LogP contribution in [-0.4, -0.2) is 28.7 Å². The number of hydrogen-bond donors (Lipinski definition) is 1. The van der Waals surface area contributed by atoms with Gasteiger partial charge in [-0.2, -0.15) is 0 Å². The lowest BCUT2D eigenvalue weighted by Crippen LogP contribution is -2.43. The monoisotopic (exact) mass is 273 g/mol. The molecule has 2 heterocycles. The van der Waals surface area contributed by atoms with E-state index in [9.17, 15) is 5.11 Å². The van der Waals surface area contributed by atoms with Crippen molar-refractivity contribution in [1.29, 1.82) is 0 Å². The molecule has 1 aromatic heterocycles. The summed E-state index contributed by atoms with van der Waals surface area (Å²) in [5, 5.41) is 9.60. The summed E-state index contributed by atoms with van der Waals surface area (Å²) in [6.45, 7) is 3.73. The number of furan rings is 1. The fraction of sp³-hybridized carbons (Fsp3) is 0.636. The van der Waals surface area contributed by atoms with E-state index in [2.05, 4.69) is 27.8 Å². The van der Waals surface area contributed by atoms with Gasteiger partial charge in [0.05, 0.1) is 12.6 Å². The fourth-order valence-corrected chi connectivity index (χ4v) is 2.36. The van der Waals surface area contributed by atoms with Crippen LogP contribution >= 0.6 is 15.9 Å². The molecule has 1 saturated heterocycles. The van der Waals surface area contributed by atoms with Crippen LogP contribution in [0.3, 0.4) is 0 Å². The Bertz CT molecular complexity index is 326. The van der Waals surface area contributed by atoms with E-state index in [0.717, 1.165) is 36.4 Å². The van der Waals surface area contributed by atoms with Crippen LogP contribution in [0.1, 0.15) is 25.5 Å². The average Bonchev–Trinajstić information content (AvgIpc) is 2.58. The van der Waals surface area contributed by atoms with Gasteiger partial charge in [-0.1, -0.05) is 0 Å². The third-order valence-electron chi connectivity index (χ3n) is 2.97. The van der Waals surface area contributed by atoms with Crippen LogP contribution in [0.15, 0.2) is 21.2 Å². The summed E-state index contributed by atoms with van der Waals surface area (Å²) in [6.07, 6.45) is 1.79. The van der Waals surface area contributed by atoms with Crippen molar-refractivity contribution >= 4 is 15.9 Å². The predicted octanol–water partition coefficient (Wildman–Crippen LogP) is 2.39. The molecule has 0 aromatic carbocycles. The molecular formula is C11H16BrNO2. The molecule has 0 saturated carbocycles. The average molecular weight is 274 g/mol. The van der Waals surface area contributed by atoms with Gasteiger partial charge in [-0.25, -0.2) is 0 Å². The van der Waals surface area contributed by atoms with E-state index in [1.807, 2.05) is 12.1 Å². The second-order valence-electron chi connectivity index (χ2n) is 4.22. The molecule has 1 aromatic rings. The zero-order valence-electron chi connectivity index (χ0n) is 8.82. The summed E-state index contributed by atoms with van der Waals surface area (Å²) in [7, 11) is 0. The summed E-state index contributed by atoms with van der Waals surface area (Å²) in [4.78, 5) is 2.26. The Morgan fingerprint density at radius 3 is 3.00 bits per heavy atom. The number of halogens is 1. The lowest BCUT2D eigenvalue weighted by Gasteiger charge is -2.35. The van der Waals surface area contributed by atoms with Crippen molar-refractivity contribution in [3.05, 3.63) is 22.6 Å². The zero-order chi connectivity index (χ0) is 10.8. The molecule has 3 nitrogen and oxygen atoms in total. The molecule has 2 atom stereocenters. The number of rotatable bonds is 2. The van der Waals surface area contributed by atoms with Crippen LogP contribution in [0.25, 0.3) is 0 Å². The van der Waals surface area contributed by atoms with Gasteiger partial charge in [-0.3, -0.25) is 4.90 Å². The molecule has 0 aliphatic carbocycles. The van der Waals surface area contributed by atoms with E-state index in [1.54, 1.807) is 0 Å². The first kappa shape index (κ1) is 11.2. The Kier molecular flexibility index (Phi) is 3.49. The molecule has 0 bridgehead atoms. The van der Waals surface area contributed by atoms with Crippen molar-refractivity contribution < 1.29 is 9.52 Å². The smallest absolute Gasteiger partial charge is 0.169 e. The minimum Gasteiger partial charge on any atom is -0.453 e. The second kappa shape index (κ2) is 4.68. The largest absolute Gasteiger partial charge is 0.453 e. The standard InChI is InChI=1S/C11H16BrNO2/c1-8-2-3-9(14)6-13(8)7-10-4-5-11(12)15-10/h4-5,8-9,14H,2-3,6-7H2,1H3. The highest BCUT2D eigenvalue weighted by molar-refractivity contribution is 9.10. The molecule has 0 amide bonds. The molecule has 15 heavy (non-hydrogen) atoms. The first-order chi connectivity index (χ1) is 7.15. The summed E-state index contributed by atoms with van der Waals surface area (Å²) >= 11 is 3.29. The van der Waals surface area contributed by atoms with Crippen molar-refractivity contribution in [2.24, 2.45) is 0 Å². The van der Waals surface area contributed by atoms with Crippen LogP contribution in [0.2, 0.25) is 0 Å². The van der Waals surface area contributed by atoms with Gasteiger partial charge < -0.3 is 9.52 Å². The number of likely N-dealkylation sites (tertiary alicyclic amines) is 1. The summed E-state index contributed by atoms with van der Waals surface area (Å²) in [5.41, 5.74) is 0. The third-order valence-corrected chi connectivity index (χ3v) is 3.40. The summed E-state index contributed by atoms with van der Waals surface area (Å²) < 4.78 is 6.23. The summed E-state index contributed by atoms with van der Waals surface area (Å²) in [5.74, 6) is 0.947. The maximum Gasteiger partial charge on any atom is 0.169 e. The van der Waals surface area contributed by atoms with E-state index >= 15 is 0 Å². The van der Waals surface area contributed by atoms with E-state index in [1.165, 1.54) is 0 Å². The number of nitrogens with zero attached hydrogens (tertiary/aromatic N) is 1. The quantitative estimate of drug-likeness (QED) is 0.899. The molecule has 0 spiro atoms. The molecule has 1 aliphatic heterocycles. The number of aliphatic hydroxyl groups excluding tert-OH is 1.